The van der Waals surface area contributed by atoms with Crippen molar-refractivity contribution in [3.05, 3.63) is 88.4 Å². The fourth-order valence-electron chi connectivity index (χ4n) is 3.83. The zero-order valence-corrected chi connectivity index (χ0v) is 22.7. The van der Waals surface area contributed by atoms with Crippen LogP contribution in [-0.2, 0) is 36.4 Å². The Kier molecular flexibility index (Phi) is 9.72. The van der Waals surface area contributed by atoms with Crippen LogP contribution in [0.3, 0.4) is 0 Å². The molecular formula is C25H26ClF2O7PS. The highest BCUT2D eigenvalue weighted by molar-refractivity contribution is 7.91. The number of sulfone groups is 1. The molecule has 1 unspecified atom stereocenters. The van der Waals surface area contributed by atoms with Crippen molar-refractivity contribution < 1.29 is 41.0 Å². The first-order chi connectivity index (χ1) is 17.5. The smallest absolute Gasteiger partial charge is 0.399 e. The van der Waals surface area contributed by atoms with Crippen LogP contribution in [0.15, 0.2) is 71.6 Å². The van der Waals surface area contributed by atoms with Gasteiger partial charge in [0, 0.05) is 10.6 Å². The molecule has 0 amide bonds. The highest BCUT2D eigenvalue weighted by Gasteiger charge is 2.34. The summed E-state index contributed by atoms with van der Waals surface area (Å²) in [6, 6.07) is 17.5. The largest absolute Gasteiger partial charge is 0.495 e. The van der Waals surface area contributed by atoms with Crippen molar-refractivity contribution in [2.45, 2.75) is 42.7 Å². The quantitative estimate of drug-likeness (QED) is 0.208. The molecule has 0 heterocycles. The highest BCUT2D eigenvalue weighted by atomic mass is 35.5. The summed E-state index contributed by atoms with van der Waals surface area (Å²) >= 11 is 6.29. The van der Waals surface area contributed by atoms with E-state index < -0.39 is 28.8 Å². The van der Waals surface area contributed by atoms with Crippen LogP contribution in [0.2, 0.25) is 5.02 Å². The Hall–Kier alpha value is -2.49. The second-order valence-corrected chi connectivity index (χ2v) is 12.7. The number of benzene rings is 3. The van der Waals surface area contributed by atoms with Gasteiger partial charge in [0.1, 0.15) is 16.4 Å². The molecule has 0 N–H and O–H groups in total. The zero-order chi connectivity index (χ0) is 27.2. The van der Waals surface area contributed by atoms with Gasteiger partial charge in [-0.05, 0) is 64.7 Å². The lowest BCUT2D eigenvalue weighted by Gasteiger charge is -2.23. The van der Waals surface area contributed by atoms with E-state index in [1.54, 1.807) is 42.5 Å². The van der Waals surface area contributed by atoms with E-state index in [4.69, 9.17) is 21.1 Å². The molecule has 0 aliphatic rings. The third kappa shape index (κ3) is 6.89. The van der Waals surface area contributed by atoms with Gasteiger partial charge in [0.2, 0.25) is 0 Å². The van der Waals surface area contributed by atoms with Crippen LogP contribution in [0, 0.1) is 0 Å². The molecule has 0 aliphatic carbocycles. The van der Waals surface area contributed by atoms with Gasteiger partial charge in [-0.15, -0.1) is 9.46 Å². The summed E-state index contributed by atoms with van der Waals surface area (Å²) < 4.78 is 82.5. The Morgan fingerprint density at radius 3 is 2.16 bits per heavy atom. The summed E-state index contributed by atoms with van der Waals surface area (Å²) in [5, 5.41) is -1.11. The number of para-hydroxylation sites is 2. The maximum atomic E-state index is 14.1. The van der Waals surface area contributed by atoms with E-state index in [9.17, 15) is 22.0 Å². The number of hydrogen-bond acceptors (Lipinski definition) is 7. The van der Waals surface area contributed by atoms with E-state index >= 15 is 0 Å². The normalized spacial score (nSPS) is 12.9. The lowest BCUT2D eigenvalue weighted by Crippen LogP contribution is -2.19. The summed E-state index contributed by atoms with van der Waals surface area (Å²) in [5.74, 6) is 0.598. The lowest BCUT2D eigenvalue weighted by atomic mass is 10.0. The molecule has 0 radical (unpaired) electrons. The molecular weight excluding hydrogens is 549 g/mol. The fourth-order valence-corrected chi connectivity index (χ4v) is 6.95. The summed E-state index contributed by atoms with van der Waals surface area (Å²) in [6.45, 7) is 3.67. The standard InChI is InChI=1S/C25H26ClF2O7PS/c1-17(2)33-22-9-5-4-8-20(22)25(37(30,31)24-11-7-6-10-23(24)32-3)15-18-12-13-19(21(26)14-18)16-36(29,34-27)35-28/h4-14,17,25H,15-16H2,1-3H3. The molecule has 3 rings (SSSR count). The van der Waals surface area contributed by atoms with Gasteiger partial charge in [0.15, 0.2) is 9.84 Å². The number of ether oxygens (including phenoxy) is 2. The minimum absolute atomic E-state index is 0.00527. The van der Waals surface area contributed by atoms with Crippen LogP contribution in [0.25, 0.3) is 0 Å². The Morgan fingerprint density at radius 1 is 0.946 bits per heavy atom. The number of halogens is 3. The first kappa shape index (κ1) is 29.1. The Balaban J connectivity index is 2.11. The second kappa shape index (κ2) is 12.4. The van der Waals surface area contributed by atoms with Crippen molar-refractivity contribution in [2.75, 3.05) is 7.11 Å². The van der Waals surface area contributed by atoms with Gasteiger partial charge in [-0.2, -0.15) is 0 Å². The average Bonchev–Trinajstić information content (AvgIpc) is 2.88. The van der Waals surface area contributed by atoms with Gasteiger partial charge in [-0.1, -0.05) is 54.1 Å². The van der Waals surface area contributed by atoms with Crippen molar-refractivity contribution in [3.8, 4) is 11.5 Å². The van der Waals surface area contributed by atoms with E-state index in [2.05, 4.69) is 9.46 Å². The average molecular weight is 575 g/mol. The first-order valence-electron chi connectivity index (χ1n) is 11.1. The molecule has 0 saturated heterocycles. The Bertz CT molecular complexity index is 1380. The molecule has 3 aromatic carbocycles. The van der Waals surface area contributed by atoms with Gasteiger partial charge in [-0.3, -0.25) is 4.57 Å². The number of methoxy groups -OCH3 is 1. The SMILES string of the molecule is COc1ccccc1S(=O)(=O)C(Cc1ccc(CP(=O)(OF)OF)c(Cl)c1)c1ccccc1OC(C)C. The van der Waals surface area contributed by atoms with E-state index in [1.807, 2.05) is 13.8 Å². The van der Waals surface area contributed by atoms with Crippen molar-refractivity contribution in [3.63, 3.8) is 0 Å². The van der Waals surface area contributed by atoms with Gasteiger partial charge in [0.05, 0.1) is 24.6 Å². The summed E-state index contributed by atoms with van der Waals surface area (Å²) in [5.41, 5.74) is 1.02. The maximum Gasteiger partial charge on any atom is 0.399 e. The van der Waals surface area contributed by atoms with Gasteiger partial charge >= 0.3 is 7.60 Å². The highest BCUT2D eigenvalue weighted by Crippen LogP contribution is 2.53. The van der Waals surface area contributed by atoms with E-state index in [1.165, 1.54) is 31.4 Å². The summed E-state index contributed by atoms with van der Waals surface area (Å²) in [6.07, 6.45) is -1.00. The van der Waals surface area contributed by atoms with Crippen LogP contribution in [0.4, 0.5) is 9.05 Å². The molecule has 0 spiro atoms. The van der Waals surface area contributed by atoms with E-state index in [0.29, 0.717) is 16.9 Å². The maximum absolute atomic E-state index is 14.1. The third-order valence-corrected chi connectivity index (χ3v) is 9.11. The van der Waals surface area contributed by atoms with Gasteiger partial charge in [-0.25, -0.2) is 8.42 Å². The Labute approximate surface area is 219 Å². The van der Waals surface area contributed by atoms with Crippen LogP contribution >= 0.6 is 19.2 Å². The molecule has 0 aromatic heterocycles. The predicted molar refractivity (Wildman–Crippen MR) is 136 cm³/mol. The number of hydrogen-bond donors (Lipinski definition) is 0. The topological polar surface area (TPSA) is 88.1 Å². The van der Waals surface area contributed by atoms with Crippen molar-refractivity contribution in [1.29, 1.82) is 0 Å². The molecule has 0 fully saturated rings. The molecule has 1 atom stereocenters. The van der Waals surface area contributed by atoms with Crippen LogP contribution < -0.4 is 9.47 Å². The van der Waals surface area contributed by atoms with E-state index in [0.717, 1.165) is 0 Å². The lowest BCUT2D eigenvalue weighted by molar-refractivity contribution is -0.0881. The van der Waals surface area contributed by atoms with Crippen molar-refractivity contribution in [1.82, 2.24) is 0 Å². The van der Waals surface area contributed by atoms with Crippen LogP contribution in [-0.4, -0.2) is 21.6 Å². The van der Waals surface area contributed by atoms with E-state index in [-0.39, 0.29) is 33.8 Å². The fraction of sp³-hybridized carbons (Fsp3) is 0.280. The van der Waals surface area contributed by atoms with Gasteiger partial charge < -0.3 is 9.47 Å². The minimum atomic E-state index is -4.66. The molecule has 7 nitrogen and oxygen atoms in total. The first-order valence-corrected chi connectivity index (χ1v) is 14.8. The van der Waals surface area contributed by atoms with Crippen LogP contribution in [0.5, 0.6) is 11.5 Å². The molecule has 3 aromatic rings. The molecule has 0 bridgehead atoms. The number of rotatable bonds is 12. The molecule has 37 heavy (non-hydrogen) atoms. The third-order valence-electron chi connectivity index (χ3n) is 5.49. The predicted octanol–water partition coefficient (Wildman–Crippen LogP) is 7.39. The van der Waals surface area contributed by atoms with Crippen molar-refractivity contribution >= 4 is 29.0 Å². The zero-order valence-electron chi connectivity index (χ0n) is 20.3. The molecule has 0 aliphatic heterocycles. The van der Waals surface area contributed by atoms with Gasteiger partial charge in [0.25, 0.3) is 0 Å². The summed E-state index contributed by atoms with van der Waals surface area (Å²) in [7, 11) is -7.32. The molecule has 12 heteroatoms. The molecule has 200 valence electrons. The van der Waals surface area contributed by atoms with Crippen LogP contribution in [0.1, 0.15) is 35.8 Å². The summed E-state index contributed by atoms with van der Waals surface area (Å²) in [4.78, 5) is 0.00527. The second-order valence-electron chi connectivity index (χ2n) is 8.43. The minimum Gasteiger partial charge on any atom is -0.495 e. The monoisotopic (exact) mass is 574 g/mol. The Morgan fingerprint density at radius 2 is 1.57 bits per heavy atom. The molecule has 0 saturated carbocycles. The van der Waals surface area contributed by atoms with Crippen molar-refractivity contribution in [2.24, 2.45) is 0 Å².